The van der Waals surface area contributed by atoms with Crippen LogP contribution < -0.4 is 0 Å². The van der Waals surface area contributed by atoms with Gasteiger partial charge in [-0.2, -0.15) is 0 Å². The predicted octanol–water partition coefficient (Wildman–Crippen LogP) is 7.41. The molecule has 0 aromatic heterocycles. The van der Waals surface area contributed by atoms with E-state index in [4.69, 9.17) is 4.84 Å². The molecule has 2 rings (SSSR count). The maximum Gasteiger partial charge on any atom is 0.365 e. The number of carbonyl (C=O) groups excluding carboxylic acids is 2. The maximum atomic E-state index is 13.1. The van der Waals surface area contributed by atoms with Crippen LogP contribution in [0.25, 0.3) is 0 Å². The zero-order valence-electron chi connectivity index (χ0n) is 19.0. The molecular formula is C27H31NO3S. The molecule has 32 heavy (non-hydrogen) atoms. The highest BCUT2D eigenvalue weighted by atomic mass is 32.2. The Morgan fingerprint density at radius 1 is 0.938 bits per heavy atom. The highest BCUT2D eigenvalue weighted by Crippen LogP contribution is 2.27. The monoisotopic (exact) mass is 449 g/mol. The summed E-state index contributed by atoms with van der Waals surface area (Å²) < 4.78 is 0. The van der Waals surface area contributed by atoms with E-state index >= 15 is 0 Å². The number of ketones is 1. The zero-order chi connectivity index (χ0) is 23.2. The summed E-state index contributed by atoms with van der Waals surface area (Å²) in [6.07, 6.45) is 9.56. The van der Waals surface area contributed by atoms with Crippen LogP contribution in [0.1, 0.15) is 63.2 Å². The van der Waals surface area contributed by atoms with E-state index in [1.807, 2.05) is 49.4 Å². The van der Waals surface area contributed by atoms with Crippen molar-refractivity contribution in [2.75, 3.05) is 0 Å². The molecule has 0 saturated carbocycles. The van der Waals surface area contributed by atoms with Gasteiger partial charge in [0.25, 0.3) is 0 Å². The lowest BCUT2D eigenvalue weighted by Crippen LogP contribution is -2.16. The quantitative estimate of drug-likeness (QED) is 0.0644. The summed E-state index contributed by atoms with van der Waals surface area (Å²) in [7, 11) is 0. The van der Waals surface area contributed by atoms with Gasteiger partial charge >= 0.3 is 5.97 Å². The van der Waals surface area contributed by atoms with Gasteiger partial charge in [0.2, 0.25) is 5.78 Å². The second-order valence-electron chi connectivity index (χ2n) is 7.24. The molecule has 0 spiro atoms. The minimum absolute atomic E-state index is 0.210. The van der Waals surface area contributed by atoms with Crippen molar-refractivity contribution in [2.24, 2.45) is 5.16 Å². The van der Waals surface area contributed by atoms with E-state index in [-0.39, 0.29) is 11.5 Å². The molecular weight excluding hydrogens is 418 g/mol. The smallest absolute Gasteiger partial charge is 0.312 e. The third kappa shape index (κ3) is 8.31. The molecule has 0 saturated heterocycles. The van der Waals surface area contributed by atoms with Gasteiger partial charge in [0, 0.05) is 15.4 Å². The average molecular weight is 450 g/mol. The summed E-state index contributed by atoms with van der Waals surface area (Å²) >= 11 is 1.64. The molecule has 0 aliphatic heterocycles. The first-order valence-corrected chi connectivity index (χ1v) is 11.9. The van der Waals surface area contributed by atoms with Crippen molar-refractivity contribution in [3.63, 3.8) is 0 Å². The number of Topliss-reactive ketones (excluding diaryl/α,β-unsaturated/α-hetero) is 1. The van der Waals surface area contributed by atoms with Crippen LogP contribution >= 0.6 is 11.8 Å². The molecule has 0 N–H and O–H groups in total. The van der Waals surface area contributed by atoms with E-state index in [1.165, 1.54) is 0 Å². The number of hydrogen-bond acceptors (Lipinski definition) is 5. The molecule has 2 aromatic rings. The summed E-state index contributed by atoms with van der Waals surface area (Å²) in [6.45, 7) is 5.71. The molecule has 0 aliphatic carbocycles. The summed E-state index contributed by atoms with van der Waals surface area (Å²) in [5, 5.41) is 3.98. The Morgan fingerprint density at radius 3 is 2.25 bits per heavy atom. The van der Waals surface area contributed by atoms with Gasteiger partial charge in [-0.1, -0.05) is 79.5 Å². The van der Waals surface area contributed by atoms with Gasteiger partial charge in [-0.15, -0.1) is 0 Å². The molecule has 0 fully saturated rings. The van der Waals surface area contributed by atoms with Crippen LogP contribution in [0.15, 0.2) is 93.3 Å². The fraction of sp³-hybridized carbons (Fsp3) is 0.296. The van der Waals surface area contributed by atoms with Gasteiger partial charge in [-0.05, 0) is 63.1 Å². The topological polar surface area (TPSA) is 55.7 Å². The van der Waals surface area contributed by atoms with Crippen molar-refractivity contribution < 1.29 is 14.4 Å². The Kier molecular flexibility index (Phi) is 11.2. The summed E-state index contributed by atoms with van der Waals surface area (Å²) in [5.41, 5.74) is 1.21. The molecule has 0 aliphatic rings. The van der Waals surface area contributed by atoms with Gasteiger partial charge in [-0.3, -0.25) is 4.79 Å². The number of allylic oxidation sites excluding steroid dienone is 2. The van der Waals surface area contributed by atoms with Crippen LogP contribution in [0, 0.1) is 0 Å². The van der Waals surface area contributed by atoms with Gasteiger partial charge in [-0.25, -0.2) is 4.79 Å². The van der Waals surface area contributed by atoms with E-state index in [9.17, 15) is 9.59 Å². The van der Waals surface area contributed by atoms with Crippen LogP contribution in [0.2, 0.25) is 0 Å². The number of nitrogens with zero attached hydrogens (tertiary/aromatic N) is 1. The van der Waals surface area contributed by atoms with Crippen molar-refractivity contribution >= 4 is 29.2 Å². The largest absolute Gasteiger partial charge is 0.365 e. The standard InChI is InChI=1S/C27H31NO3S/c1-4-7-8-12-16-25(28-31-27(30)21(6-3)13-5-2)26(29)22-17-19-24(20-18-22)32-23-14-10-9-11-15-23/h5-6,9-11,13-15,17-20H,4,7-8,12,16H2,1-3H3/b13-5-,21-6+,28-25-. The fourth-order valence-corrected chi connectivity index (χ4v) is 3.83. The molecule has 0 unspecified atom stereocenters. The molecule has 5 heteroatoms. The normalized spacial score (nSPS) is 12.2. The first kappa shape index (κ1) is 25.3. The van der Waals surface area contributed by atoms with Gasteiger partial charge in [0.15, 0.2) is 0 Å². The minimum Gasteiger partial charge on any atom is -0.312 e. The molecule has 0 heterocycles. The summed E-state index contributed by atoms with van der Waals surface area (Å²) in [6, 6.07) is 17.5. The molecule has 0 radical (unpaired) electrons. The van der Waals surface area contributed by atoms with Crippen LogP contribution in [0.3, 0.4) is 0 Å². The van der Waals surface area contributed by atoms with Gasteiger partial charge < -0.3 is 4.84 Å². The Bertz CT molecular complexity index is 960. The SMILES string of the molecule is C/C=C\C(=C/C)C(=O)O/N=C(/CCCCCC)C(=O)c1ccc(Sc2ccccc2)cc1. The average Bonchev–Trinajstić information content (AvgIpc) is 2.82. The van der Waals surface area contributed by atoms with Crippen molar-refractivity contribution in [1.82, 2.24) is 0 Å². The van der Waals surface area contributed by atoms with E-state index in [0.717, 1.165) is 35.5 Å². The van der Waals surface area contributed by atoms with Gasteiger partial charge in [0.05, 0.1) is 5.57 Å². The lowest BCUT2D eigenvalue weighted by atomic mass is 10.0. The minimum atomic E-state index is -0.570. The van der Waals surface area contributed by atoms with Crippen LogP contribution in [0.5, 0.6) is 0 Å². The van der Waals surface area contributed by atoms with Crippen LogP contribution in [0.4, 0.5) is 0 Å². The lowest BCUT2D eigenvalue weighted by molar-refractivity contribution is -0.138. The second-order valence-corrected chi connectivity index (χ2v) is 8.39. The van der Waals surface area contributed by atoms with Crippen molar-refractivity contribution in [2.45, 2.75) is 62.7 Å². The first-order valence-electron chi connectivity index (χ1n) is 11.0. The van der Waals surface area contributed by atoms with Crippen LogP contribution in [-0.4, -0.2) is 17.5 Å². The van der Waals surface area contributed by atoms with Crippen LogP contribution in [-0.2, 0) is 9.63 Å². The molecule has 4 nitrogen and oxygen atoms in total. The highest BCUT2D eigenvalue weighted by molar-refractivity contribution is 7.99. The molecule has 0 amide bonds. The number of hydrogen-bond donors (Lipinski definition) is 0. The van der Waals surface area contributed by atoms with Crippen molar-refractivity contribution in [3.8, 4) is 0 Å². The molecule has 168 valence electrons. The highest BCUT2D eigenvalue weighted by Gasteiger charge is 2.17. The fourth-order valence-electron chi connectivity index (χ4n) is 3.00. The Morgan fingerprint density at radius 2 is 1.62 bits per heavy atom. The predicted molar refractivity (Wildman–Crippen MR) is 132 cm³/mol. The number of rotatable bonds is 12. The van der Waals surface area contributed by atoms with Crippen molar-refractivity contribution in [1.29, 1.82) is 0 Å². The first-order chi connectivity index (χ1) is 15.6. The number of carbonyl (C=O) groups is 2. The molecule has 2 aromatic carbocycles. The third-order valence-corrected chi connectivity index (χ3v) is 5.77. The van der Waals surface area contributed by atoms with E-state index < -0.39 is 5.97 Å². The van der Waals surface area contributed by atoms with E-state index in [0.29, 0.717) is 17.6 Å². The summed E-state index contributed by atoms with van der Waals surface area (Å²) in [5.74, 6) is -0.780. The van der Waals surface area contributed by atoms with Crippen molar-refractivity contribution in [3.05, 3.63) is 84.0 Å². The number of benzene rings is 2. The van der Waals surface area contributed by atoms with E-state index in [2.05, 4.69) is 12.1 Å². The summed E-state index contributed by atoms with van der Waals surface area (Å²) in [4.78, 5) is 32.7. The second kappa shape index (κ2) is 14.2. The maximum absolute atomic E-state index is 13.1. The third-order valence-electron chi connectivity index (χ3n) is 4.76. The molecule has 0 atom stereocenters. The number of unbranched alkanes of at least 4 members (excludes halogenated alkanes) is 3. The lowest BCUT2D eigenvalue weighted by Gasteiger charge is -2.07. The van der Waals surface area contributed by atoms with E-state index in [1.54, 1.807) is 49.0 Å². The Labute approximate surface area is 195 Å². The van der Waals surface area contributed by atoms with Gasteiger partial charge in [0.1, 0.15) is 5.71 Å². The number of oxime groups is 1. The Hall–Kier alpha value is -2.92. The zero-order valence-corrected chi connectivity index (χ0v) is 19.9. The molecule has 0 bridgehead atoms. The Balaban J connectivity index is 2.14.